The first-order chi connectivity index (χ1) is 10.0. The highest BCUT2D eigenvalue weighted by Crippen LogP contribution is 2.29. The van der Waals surface area contributed by atoms with Crippen molar-refractivity contribution < 1.29 is 0 Å². The van der Waals surface area contributed by atoms with Crippen LogP contribution in [-0.4, -0.2) is 48.6 Å². The maximum atomic E-state index is 4.95. The minimum atomic E-state index is 0.522. The minimum absolute atomic E-state index is 0.522. The standard InChI is InChI=1S/C16H30N4S/c1-6-7-14-15(10-17-12(2)3)21-16(18-14)20-9-8-19(5)13(4)11-20/h12-13,17H,6-11H2,1-5H3. The average Bonchev–Trinajstić information content (AvgIpc) is 2.83. The van der Waals surface area contributed by atoms with Crippen LogP contribution in [0.25, 0.3) is 0 Å². The normalized spacial score (nSPS) is 20.5. The molecular formula is C16H30N4S. The van der Waals surface area contributed by atoms with E-state index < -0.39 is 0 Å². The second-order valence-corrected chi connectivity index (χ2v) is 7.49. The predicted molar refractivity (Wildman–Crippen MR) is 92.4 cm³/mol. The topological polar surface area (TPSA) is 31.4 Å². The molecule has 1 atom stereocenters. The summed E-state index contributed by atoms with van der Waals surface area (Å²) in [4.78, 5) is 11.3. The quantitative estimate of drug-likeness (QED) is 0.875. The third-order valence-electron chi connectivity index (χ3n) is 4.15. The van der Waals surface area contributed by atoms with Gasteiger partial charge in [-0.2, -0.15) is 0 Å². The lowest BCUT2D eigenvalue weighted by molar-refractivity contribution is 0.234. The number of nitrogens with one attached hydrogen (secondary N) is 1. The first-order valence-corrected chi connectivity index (χ1v) is 9.00. The number of anilines is 1. The van der Waals surface area contributed by atoms with Gasteiger partial charge in [-0.3, -0.25) is 0 Å². The molecule has 21 heavy (non-hydrogen) atoms. The van der Waals surface area contributed by atoms with Gasteiger partial charge in [-0.05, 0) is 20.4 Å². The van der Waals surface area contributed by atoms with Crippen LogP contribution in [0.15, 0.2) is 0 Å². The van der Waals surface area contributed by atoms with E-state index in [4.69, 9.17) is 4.98 Å². The van der Waals surface area contributed by atoms with Crippen LogP contribution < -0.4 is 10.2 Å². The van der Waals surface area contributed by atoms with E-state index in [2.05, 4.69) is 49.9 Å². The summed E-state index contributed by atoms with van der Waals surface area (Å²) in [5, 5.41) is 4.76. The molecule has 1 unspecified atom stereocenters. The molecule has 1 aliphatic rings. The van der Waals surface area contributed by atoms with Gasteiger partial charge in [0, 0.05) is 43.1 Å². The molecule has 2 heterocycles. The Morgan fingerprint density at radius 1 is 1.38 bits per heavy atom. The number of aromatic nitrogens is 1. The van der Waals surface area contributed by atoms with Crippen molar-refractivity contribution in [2.45, 2.75) is 59.2 Å². The van der Waals surface area contributed by atoms with Crippen LogP contribution >= 0.6 is 11.3 Å². The number of hydrogen-bond acceptors (Lipinski definition) is 5. The van der Waals surface area contributed by atoms with Crippen LogP contribution in [0, 0.1) is 0 Å². The SMILES string of the molecule is CCCc1nc(N2CCN(C)C(C)C2)sc1CNC(C)C. The van der Waals surface area contributed by atoms with E-state index in [-0.39, 0.29) is 0 Å². The van der Waals surface area contributed by atoms with Crippen LogP contribution in [0.3, 0.4) is 0 Å². The zero-order valence-electron chi connectivity index (χ0n) is 14.1. The lowest BCUT2D eigenvalue weighted by atomic mass is 10.2. The maximum absolute atomic E-state index is 4.95. The van der Waals surface area contributed by atoms with E-state index in [0.29, 0.717) is 12.1 Å². The molecule has 120 valence electrons. The molecule has 0 spiro atoms. The van der Waals surface area contributed by atoms with Gasteiger partial charge in [0.05, 0.1) is 5.69 Å². The summed E-state index contributed by atoms with van der Waals surface area (Å²) < 4.78 is 0. The third kappa shape index (κ3) is 4.41. The van der Waals surface area contributed by atoms with Gasteiger partial charge in [-0.1, -0.05) is 27.2 Å². The fourth-order valence-corrected chi connectivity index (χ4v) is 3.69. The summed E-state index contributed by atoms with van der Waals surface area (Å²) in [6, 6.07) is 1.13. The zero-order valence-corrected chi connectivity index (χ0v) is 15.0. The van der Waals surface area contributed by atoms with Gasteiger partial charge in [-0.15, -0.1) is 11.3 Å². The molecule has 1 aromatic heterocycles. The molecule has 0 bridgehead atoms. The molecular weight excluding hydrogens is 280 g/mol. The van der Waals surface area contributed by atoms with Gasteiger partial charge < -0.3 is 15.1 Å². The van der Waals surface area contributed by atoms with Crippen LogP contribution in [0.4, 0.5) is 5.13 Å². The van der Waals surface area contributed by atoms with Crippen LogP contribution in [0.2, 0.25) is 0 Å². The fourth-order valence-electron chi connectivity index (χ4n) is 2.59. The monoisotopic (exact) mass is 310 g/mol. The summed E-state index contributed by atoms with van der Waals surface area (Å²) in [5.41, 5.74) is 1.30. The third-order valence-corrected chi connectivity index (χ3v) is 5.31. The summed E-state index contributed by atoms with van der Waals surface area (Å²) in [6.07, 6.45) is 2.26. The van der Waals surface area contributed by atoms with Crippen molar-refractivity contribution in [3.05, 3.63) is 10.6 Å². The second kappa shape index (κ2) is 7.56. The molecule has 4 nitrogen and oxygen atoms in total. The van der Waals surface area contributed by atoms with Crippen LogP contribution in [0.5, 0.6) is 0 Å². The first-order valence-electron chi connectivity index (χ1n) is 8.18. The molecule has 0 radical (unpaired) electrons. The average molecular weight is 311 g/mol. The molecule has 5 heteroatoms. The number of rotatable bonds is 6. The summed E-state index contributed by atoms with van der Waals surface area (Å²) in [7, 11) is 2.21. The lowest BCUT2D eigenvalue weighted by Crippen LogP contribution is -2.50. The van der Waals surface area contributed by atoms with Crippen LogP contribution in [-0.2, 0) is 13.0 Å². The molecule has 1 aliphatic heterocycles. The maximum Gasteiger partial charge on any atom is 0.185 e. The van der Waals surface area contributed by atoms with E-state index in [9.17, 15) is 0 Å². The molecule has 1 saturated heterocycles. The minimum Gasteiger partial charge on any atom is -0.345 e. The van der Waals surface area contributed by atoms with Crippen molar-refractivity contribution >= 4 is 16.5 Å². The predicted octanol–water partition coefficient (Wildman–Crippen LogP) is 2.73. The van der Waals surface area contributed by atoms with Gasteiger partial charge in [-0.25, -0.2) is 4.98 Å². The second-order valence-electron chi connectivity index (χ2n) is 6.43. The van der Waals surface area contributed by atoms with Crippen molar-refractivity contribution in [2.24, 2.45) is 0 Å². The van der Waals surface area contributed by atoms with Crippen LogP contribution in [0.1, 0.15) is 44.7 Å². The molecule has 1 aromatic rings. The van der Waals surface area contributed by atoms with E-state index >= 15 is 0 Å². The Balaban J connectivity index is 2.10. The van der Waals surface area contributed by atoms with Crippen molar-refractivity contribution in [1.82, 2.24) is 15.2 Å². The largest absolute Gasteiger partial charge is 0.345 e. The number of thiazole rings is 1. The van der Waals surface area contributed by atoms with Crippen molar-refractivity contribution in [3.8, 4) is 0 Å². The number of piperazine rings is 1. The first kappa shape index (κ1) is 16.7. The molecule has 1 fully saturated rings. The highest BCUT2D eigenvalue weighted by Gasteiger charge is 2.24. The van der Waals surface area contributed by atoms with E-state index in [1.54, 1.807) is 0 Å². The number of hydrogen-bond donors (Lipinski definition) is 1. The highest BCUT2D eigenvalue weighted by atomic mass is 32.1. The van der Waals surface area contributed by atoms with Crippen molar-refractivity contribution in [1.29, 1.82) is 0 Å². The van der Waals surface area contributed by atoms with Gasteiger partial charge in [0.2, 0.25) is 0 Å². The summed E-state index contributed by atoms with van der Waals surface area (Å²) in [5.74, 6) is 0. The smallest absolute Gasteiger partial charge is 0.185 e. The molecule has 1 N–H and O–H groups in total. The van der Waals surface area contributed by atoms with Gasteiger partial charge >= 0.3 is 0 Å². The molecule has 2 rings (SSSR count). The summed E-state index contributed by atoms with van der Waals surface area (Å²) >= 11 is 1.89. The zero-order chi connectivity index (χ0) is 15.4. The number of likely N-dealkylation sites (N-methyl/N-ethyl adjacent to an activating group) is 1. The Morgan fingerprint density at radius 2 is 2.14 bits per heavy atom. The highest BCUT2D eigenvalue weighted by molar-refractivity contribution is 7.15. The Labute approximate surface area is 133 Å². The fraction of sp³-hybridized carbons (Fsp3) is 0.812. The van der Waals surface area contributed by atoms with Crippen molar-refractivity contribution in [2.75, 3.05) is 31.6 Å². The van der Waals surface area contributed by atoms with Gasteiger partial charge in [0.25, 0.3) is 0 Å². The molecule has 0 aromatic carbocycles. The Morgan fingerprint density at radius 3 is 2.76 bits per heavy atom. The summed E-state index contributed by atoms with van der Waals surface area (Å²) in [6.45, 7) is 13.2. The molecule has 0 saturated carbocycles. The van der Waals surface area contributed by atoms with E-state index in [1.807, 2.05) is 11.3 Å². The molecule has 0 aliphatic carbocycles. The molecule has 0 amide bonds. The van der Waals surface area contributed by atoms with E-state index in [0.717, 1.165) is 39.0 Å². The number of nitrogens with zero attached hydrogens (tertiary/aromatic N) is 3. The van der Waals surface area contributed by atoms with Crippen molar-refractivity contribution in [3.63, 3.8) is 0 Å². The Hall–Kier alpha value is -0.650. The van der Waals surface area contributed by atoms with Gasteiger partial charge in [0.1, 0.15) is 0 Å². The van der Waals surface area contributed by atoms with Gasteiger partial charge in [0.15, 0.2) is 5.13 Å². The number of aryl methyl sites for hydroxylation is 1. The van der Waals surface area contributed by atoms with E-state index in [1.165, 1.54) is 15.7 Å². The lowest BCUT2D eigenvalue weighted by Gasteiger charge is -2.37. The Kier molecular flexibility index (Phi) is 6.02. The Bertz CT molecular complexity index is 443.